The molecule has 1 aliphatic heterocycles. The van der Waals surface area contributed by atoms with Crippen LogP contribution in [0.1, 0.15) is 6.42 Å². The molecule has 0 radical (unpaired) electrons. The summed E-state index contributed by atoms with van der Waals surface area (Å²) in [4.78, 5) is 8.67. The van der Waals surface area contributed by atoms with Crippen LogP contribution in [0, 0.1) is 0 Å². The van der Waals surface area contributed by atoms with Crippen LogP contribution in [0.4, 0.5) is 5.82 Å². The van der Waals surface area contributed by atoms with Gasteiger partial charge in [-0.2, -0.15) is 0 Å². The van der Waals surface area contributed by atoms with Crippen molar-refractivity contribution in [1.29, 1.82) is 0 Å². The van der Waals surface area contributed by atoms with E-state index in [2.05, 4.69) is 14.8 Å². The third kappa shape index (κ3) is 2.73. The summed E-state index contributed by atoms with van der Waals surface area (Å²) in [5.41, 5.74) is 0. The molecule has 18 heavy (non-hydrogen) atoms. The van der Waals surface area contributed by atoms with Gasteiger partial charge in [0.2, 0.25) is 0 Å². The molecule has 0 aliphatic carbocycles. The molecule has 0 bridgehead atoms. The molecule has 0 aromatic carbocycles. The number of β-amino-alcohol motifs (C(OH)–C–C–N with tert-alkyl or cyclic N) is 1. The van der Waals surface area contributed by atoms with Gasteiger partial charge in [0, 0.05) is 25.3 Å². The first-order valence-electron chi connectivity index (χ1n) is 6.20. The van der Waals surface area contributed by atoms with Gasteiger partial charge in [-0.1, -0.05) is 0 Å². The van der Waals surface area contributed by atoms with Crippen molar-refractivity contribution >= 4 is 5.82 Å². The second-order valence-electron chi connectivity index (χ2n) is 4.99. The zero-order valence-electron chi connectivity index (χ0n) is 11.2. The van der Waals surface area contributed by atoms with Gasteiger partial charge in [-0.25, -0.2) is 4.98 Å². The van der Waals surface area contributed by atoms with E-state index >= 15 is 0 Å². The van der Waals surface area contributed by atoms with E-state index in [-0.39, 0.29) is 12.1 Å². The van der Waals surface area contributed by atoms with Crippen molar-refractivity contribution in [2.45, 2.75) is 18.6 Å². The predicted molar refractivity (Wildman–Crippen MR) is 71.1 cm³/mol. The second-order valence-corrected chi connectivity index (χ2v) is 4.99. The normalized spacial score (nSPS) is 23.7. The fraction of sp³-hybridized carbons (Fsp3) is 0.615. The van der Waals surface area contributed by atoms with Gasteiger partial charge >= 0.3 is 0 Å². The van der Waals surface area contributed by atoms with Crippen molar-refractivity contribution < 1.29 is 9.84 Å². The van der Waals surface area contributed by atoms with E-state index in [1.807, 2.05) is 26.2 Å². The molecule has 5 heteroatoms. The van der Waals surface area contributed by atoms with Crippen molar-refractivity contribution in [3.8, 4) is 5.75 Å². The monoisotopic (exact) mass is 251 g/mol. The van der Waals surface area contributed by atoms with Crippen molar-refractivity contribution in [3.63, 3.8) is 0 Å². The van der Waals surface area contributed by atoms with Gasteiger partial charge in [0.15, 0.2) is 11.6 Å². The minimum absolute atomic E-state index is 0.277. The minimum atomic E-state index is -0.290. The Bertz CT molecular complexity index is 398. The first kappa shape index (κ1) is 13.1. The Kier molecular flexibility index (Phi) is 4.04. The molecule has 100 valence electrons. The summed E-state index contributed by atoms with van der Waals surface area (Å²) >= 11 is 0. The lowest BCUT2D eigenvalue weighted by molar-refractivity contribution is 0.191. The van der Waals surface area contributed by atoms with E-state index in [0.29, 0.717) is 6.54 Å². The first-order chi connectivity index (χ1) is 8.61. The molecular formula is C13H21N3O2. The van der Waals surface area contributed by atoms with E-state index in [1.54, 1.807) is 13.3 Å². The van der Waals surface area contributed by atoms with Crippen LogP contribution in [0.2, 0.25) is 0 Å². The van der Waals surface area contributed by atoms with Gasteiger partial charge in [-0.15, -0.1) is 0 Å². The zero-order chi connectivity index (χ0) is 13.1. The van der Waals surface area contributed by atoms with Crippen LogP contribution in [0.25, 0.3) is 0 Å². The zero-order valence-corrected chi connectivity index (χ0v) is 11.2. The van der Waals surface area contributed by atoms with Crippen LogP contribution in [-0.2, 0) is 0 Å². The molecule has 2 rings (SSSR count). The number of pyridine rings is 1. The molecule has 0 spiro atoms. The van der Waals surface area contributed by atoms with Gasteiger partial charge in [0.25, 0.3) is 0 Å². The number of aliphatic hydroxyl groups is 1. The van der Waals surface area contributed by atoms with Crippen molar-refractivity contribution in [1.82, 2.24) is 9.88 Å². The molecule has 1 fully saturated rings. The number of ether oxygens (including phenoxy) is 1. The topological polar surface area (TPSA) is 48.8 Å². The standard InChI is InChI=1S/C13H21N3O2/c1-15(2)8-10-7-11(17)9-16(10)13-12(18-3)5-4-6-14-13/h4-6,10-11,17H,7-9H2,1-3H3. The molecule has 5 nitrogen and oxygen atoms in total. The Morgan fingerprint density at radius 1 is 1.56 bits per heavy atom. The molecular weight excluding hydrogens is 230 g/mol. The van der Waals surface area contributed by atoms with E-state index in [4.69, 9.17) is 4.74 Å². The average molecular weight is 251 g/mol. The summed E-state index contributed by atoms with van der Waals surface area (Å²) in [6.45, 7) is 1.52. The molecule has 2 heterocycles. The Labute approximate surface area is 108 Å². The molecule has 2 atom stereocenters. The second kappa shape index (κ2) is 5.54. The number of nitrogens with zero attached hydrogens (tertiary/aromatic N) is 3. The van der Waals surface area contributed by atoms with Gasteiger partial charge in [0.1, 0.15) is 0 Å². The van der Waals surface area contributed by atoms with Gasteiger partial charge in [-0.05, 0) is 32.6 Å². The highest BCUT2D eigenvalue weighted by molar-refractivity contribution is 5.54. The molecule has 1 N–H and O–H groups in total. The maximum absolute atomic E-state index is 9.88. The largest absolute Gasteiger partial charge is 0.493 e. The highest BCUT2D eigenvalue weighted by Crippen LogP contribution is 2.31. The van der Waals surface area contributed by atoms with Crippen LogP contribution < -0.4 is 9.64 Å². The lowest BCUT2D eigenvalue weighted by Gasteiger charge is -2.28. The fourth-order valence-electron chi connectivity index (χ4n) is 2.50. The van der Waals surface area contributed by atoms with Crippen LogP contribution in [-0.4, -0.2) is 61.4 Å². The summed E-state index contributed by atoms with van der Waals surface area (Å²) in [5, 5.41) is 9.88. The number of aliphatic hydroxyl groups excluding tert-OH is 1. The van der Waals surface area contributed by atoms with Crippen LogP contribution in [0.5, 0.6) is 5.75 Å². The molecule has 0 amide bonds. The average Bonchev–Trinajstić information content (AvgIpc) is 2.69. The quantitative estimate of drug-likeness (QED) is 0.849. The number of rotatable bonds is 4. The van der Waals surface area contributed by atoms with Gasteiger partial charge in [0.05, 0.1) is 13.2 Å². The van der Waals surface area contributed by atoms with Crippen LogP contribution in [0.15, 0.2) is 18.3 Å². The summed E-state index contributed by atoms with van der Waals surface area (Å²) in [7, 11) is 5.73. The van der Waals surface area contributed by atoms with Crippen LogP contribution >= 0.6 is 0 Å². The molecule has 1 aliphatic rings. The highest BCUT2D eigenvalue weighted by atomic mass is 16.5. The summed E-state index contributed by atoms with van der Waals surface area (Å²) in [6.07, 6.45) is 2.24. The van der Waals surface area contributed by atoms with E-state index in [1.165, 1.54) is 0 Å². The number of hydrogen-bond donors (Lipinski definition) is 1. The Morgan fingerprint density at radius 2 is 2.33 bits per heavy atom. The number of methoxy groups -OCH3 is 1. The maximum atomic E-state index is 9.88. The van der Waals surface area contributed by atoms with Crippen LogP contribution in [0.3, 0.4) is 0 Å². The summed E-state index contributed by atoms with van der Waals surface area (Å²) in [6, 6.07) is 4.04. The molecule has 0 saturated carbocycles. The smallest absolute Gasteiger partial charge is 0.171 e. The Balaban J connectivity index is 2.24. The number of anilines is 1. The third-order valence-electron chi connectivity index (χ3n) is 3.21. The number of hydrogen-bond acceptors (Lipinski definition) is 5. The summed E-state index contributed by atoms with van der Waals surface area (Å²) < 4.78 is 5.35. The Hall–Kier alpha value is -1.33. The molecule has 1 aromatic heterocycles. The number of likely N-dealkylation sites (N-methyl/N-ethyl adjacent to an activating group) is 1. The predicted octanol–water partition coefficient (Wildman–Crippen LogP) is 0.591. The molecule has 1 saturated heterocycles. The highest BCUT2D eigenvalue weighted by Gasteiger charge is 2.33. The van der Waals surface area contributed by atoms with E-state index in [0.717, 1.165) is 24.5 Å². The lowest BCUT2D eigenvalue weighted by atomic mass is 10.2. The Morgan fingerprint density at radius 3 is 3.00 bits per heavy atom. The van der Waals surface area contributed by atoms with Crippen molar-refractivity contribution in [2.75, 3.05) is 39.2 Å². The van der Waals surface area contributed by atoms with E-state index in [9.17, 15) is 5.11 Å². The lowest BCUT2D eigenvalue weighted by Crippen LogP contribution is -2.38. The fourth-order valence-corrected chi connectivity index (χ4v) is 2.50. The molecule has 1 aromatic rings. The van der Waals surface area contributed by atoms with Gasteiger partial charge in [-0.3, -0.25) is 0 Å². The van der Waals surface area contributed by atoms with E-state index < -0.39 is 0 Å². The van der Waals surface area contributed by atoms with Crippen molar-refractivity contribution in [3.05, 3.63) is 18.3 Å². The number of aromatic nitrogens is 1. The van der Waals surface area contributed by atoms with Crippen molar-refractivity contribution in [2.24, 2.45) is 0 Å². The minimum Gasteiger partial charge on any atom is -0.493 e. The third-order valence-corrected chi connectivity index (χ3v) is 3.21. The SMILES string of the molecule is COc1cccnc1N1CC(O)CC1CN(C)C. The molecule has 2 unspecified atom stereocenters. The maximum Gasteiger partial charge on any atom is 0.171 e. The first-order valence-corrected chi connectivity index (χ1v) is 6.20. The summed E-state index contributed by atoms with van der Waals surface area (Å²) in [5.74, 6) is 1.58. The van der Waals surface area contributed by atoms with Gasteiger partial charge < -0.3 is 19.6 Å².